The molecule has 1 fully saturated rings. The van der Waals surface area contributed by atoms with Gasteiger partial charge in [0.2, 0.25) is 0 Å². The third-order valence-corrected chi connectivity index (χ3v) is 4.29. The predicted molar refractivity (Wildman–Crippen MR) is 86.3 cm³/mol. The zero-order valence-electron chi connectivity index (χ0n) is 13.7. The van der Waals surface area contributed by atoms with Crippen LogP contribution >= 0.6 is 0 Å². The molecule has 1 heterocycles. The number of hydrogen-bond acceptors (Lipinski definition) is 3. The molecule has 0 amide bonds. The first-order valence-corrected chi connectivity index (χ1v) is 7.94. The summed E-state index contributed by atoms with van der Waals surface area (Å²) in [5.74, 6) is 2.07. The Balaban J connectivity index is 2.14. The van der Waals surface area contributed by atoms with Crippen LogP contribution in [0.5, 0.6) is 5.75 Å². The summed E-state index contributed by atoms with van der Waals surface area (Å²) in [6.07, 6.45) is 2.48. The number of hydrogen-bond donors (Lipinski definition) is 0. The standard InChI is InChI=1S/C18H27NO2/c1-13(2)17-10-15(21-4)7-8-16(17)18(20)12-19-9-5-6-14(3)11-19/h7-8,10,13-14H,5-6,9,11-12H2,1-4H3. The van der Waals surface area contributed by atoms with Gasteiger partial charge in [-0.25, -0.2) is 0 Å². The van der Waals surface area contributed by atoms with Crippen molar-refractivity contribution in [3.8, 4) is 5.75 Å². The second-order valence-corrected chi connectivity index (χ2v) is 6.51. The maximum atomic E-state index is 12.7. The number of carbonyl (C=O) groups excluding carboxylic acids is 1. The number of methoxy groups -OCH3 is 1. The van der Waals surface area contributed by atoms with E-state index in [1.165, 1.54) is 12.8 Å². The minimum Gasteiger partial charge on any atom is -0.497 e. The van der Waals surface area contributed by atoms with Crippen LogP contribution in [0.2, 0.25) is 0 Å². The highest BCUT2D eigenvalue weighted by molar-refractivity contribution is 5.99. The maximum Gasteiger partial charge on any atom is 0.177 e. The molecule has 1 unspecified atom stereocenters. The molecule has 1 aliphatic rings. The van der Waals surface area contributed by atoms with Crippen LogP contribution in [0, 0.1) is 5.92 Å². The van der Waals surface area contributed by atoms with Crippen LogP contribution in [-0.4, -0.2) is 37.4 Å². The third-order valence-electron chi connectivity index (χ3n) is 4.29. The largest absolute Gasteiger partial charge is 0.497 e. The molecular weight excluding hydrogens is 262 g/mol. The molecule has 21 heavy (non-hydrogen) atoms. The molecule has 0 aromatic heterocycles. The number of piperidine rings is 1. The lowest BCUT2D eigenvalue weighted by atomic mass is 9.93. The molecule has 0 spiro atoms. The third kappa shape index (κ3) is 4.07. The fourth-order valence-corrected chi connectivity index (χ4v) is 3.12. The van der Waals surface area contributed by atoms with Crippen molar-refractivity contribution in [3.63, 3.8) is 0 Å². The SMILES string of the molecule is COc1ccc(C(=O)CN2CCCC(C)C2)c(C(C)C)c1. The van der Waals surface area contributed by atoms with Gasteiger partial charge in [-0.1, -0.05) is 20.8 Å². The summed E-state index contributed by atoms with van der Waals surface area (Å²) in [6.45, 7) is 9.13. The highest BCUT2D eigenvalue weighted by atomic mass is 16.5. The molecule has 116 valence electrons. The Morgan fingerprint density at radius 3 is 2.81 bits per heavy atom. The monoisotopic (exact) mass is 289 g/mol. The molecule has 0 bridgehead atoms. The van der Waals surface area contributed by atoms with Crippen molar-refractivity contribution in [2.24, 2.45) is 5.92 Å². The number of rotatable bonds is 5. The summed E-state index contributed by atoms with van der Waals surface area (Å²) in [6, 6.07) is 5.80. The number of ether oxygens (including phenoxy) is 1. The van der Waals surface area contributed by atoms with Gasteiger partial charge < -0.3 is 4.74 Å². The molecule has 1 aromatic rings. The average Bonchev–Trinajstić information content (AvgIpc) is 2.46. The summed E-state index contributed by atoms with van der Waals surface area (Å²) < 4.78 is 5.28. The van der Waals surface area contributed by atoms with Gasteiger partial charge in [-0.3, -0.25) is 9.69 Å². The Morgan fingerprint density at radius 1 is 1.43 bits per heavy atom. The Kier molecular flexibility index (Phi) is 5.40. The van der Waals surface area contributed by atoms with E-state index >= 15 is 0 Å². The quantitative estimate of drug-likeness (QED) is 0.773. The number of ketones is 1. The zero-order chi connectivity index (χ0) is 15.4. The second-order valence-electron chi connectivity index (χ2n) is 6.51. The van der Waals surface area contributed by atoms with Gasteiger partial charge in [-0.15, -0.1) is 0 Å². The Morgan fingerprint density at radius 2 is 2.19 bits per heavy atom. The van der Waals surface area contributed by atoms with Crippen molar-refractivity contribution in [1.82, 2.24) is 4.90 Å². The molecule has 1 aromatic carbocycles. The second kappa shape index (κ2) is 7.08. The van der Waals surface area contributed by atoms with Gasteiger partial charge in [0.15, 0.2) is 5.78 Å². The van der Waals surface area contributed by atoms with Gasteiger partial charge in [0, 0.05) is 12.1 Å². The van der Waals surface area contributed by atoms with E-state index in [9.17, 15) is 4.79 Å². The van der Waals surface area contributed by atoms with Crippen LogP contribution in [-0.2, 0) is 0 Å². The Labute approximate surface area is 128 Å². The highest BCUT2D eigenvalue weighted by Crippen LogP contribution is 2.26. The molecule has 0 N–H and O–H groups in total. The van der Waals surface area contributed by atoms with Crippen molar-refractivity contribution in [3.05, 3.63) is 29.3 Å². The summed E-state index contributed by atoms with van der Waals surface area (Å²) in [7, 11) is 1.66. The smallest absolute Gasteiger partial charge is 0.177 e. The molecule has 0 radical (unpaired) electrons. The Hall–Kier alpha value is -1.35. The summed E-state index contributed by atoms with van der Waals surface area (Å²) in [5.41, 5.74) is 1.94. The number of nitrogens with zero attached hydrogens (tertiary/aromatic N) is 1. The molecule has 0 aliphatic carbocycles. The van der Waals surface area contributed by atoms with E-state index in [1.54, 1.807) is 7.11 Å². The van der Waals surface area contributed by atoms with Gasteiger partial charge in [0.1, 0.15) is 5.75 Å². The van der Waals surface area contributed by atoms with Crippen LogP contribution in [0.25, 0.3) is 0 Å². The van der Waals surface area contributed by atoms with E-state index in [1.807, 2.05) is 18.2 Å². The predicted octanol–water partition coefficient (Wildman–Crippen LogP) is 3.73. The van der Waals surface area contributed by atoms with Crippen molar-refractivity contribution in [2.45, 2.75) is 39.5 Å². The summed E-state index contributed by atoms with van der Waals surface area (Å²) >= 11 is 0. The number of carbonyl (C=O) groups is 1. The molecule has 1 aliphatic heterocycles. The van der Waals surface area contributed by atoms with Crippen LogP contribution in [0.4, 0.5) is 0 Å². The van der Waals surface area contributed by atoms with Crippen molar-refractivity contribution in [2.75, 3.05) is 26.7 Å². The van der Waals surface area contributed by atoms with Gasteiger partial charge in [-0.05, 0) is 55.0 Å². The highest BCUT2D eigenvalue weighted by Gasteiger charge is 2.21. The molecule has 2 rings (SSSR count). The topological polar surface area (TPSA) is 29.5 Å². The fourth-order valence-electron chi connectivity index (χ4n) is 3.12. The molecule has 1 saturated heterocycles. The van der Waals surface area contributed by atoms with Gasteiger partial charge in [-0.2, -0.15) is 0 Å². The van der Waals surface area contributed by atoms with Crippen LogP contribution in [0.15, 0.2) is 18.2 Å². The molecule has 3 nitrogen and oxygen atoms in total. The van der Waals surface area contributed by atoms with Crippen LogP contribution in [0.3, 0.4) is 0 Å². The van der Waals surface area contributed by atoms with E-state index < -0.39 is 0 Å². The minimum atomic E-state index is 0.232. The number of Topliss-reactive ketones (excluding diaryl/α,β-unsaturated/α-hetero) is 1. The number of likely N-dealkylation sites (tertiary alicyclic amines) is 1. The van der Waals surface area contributed by atoms with Gasteiger partial charge in [0.25, 0.3) is 0 Å². The lowest BCUT2D eigenvalue weighted by molar-refractivity contribution is 0.0891. The maximum absolute atomic E-state index is 12.7. The molecular formula is C18H27NO2. The van der Waals surface area contributed by atoms with E-state index in [2.05, 4.69) is 25.7 Å². The first kappa shape index (κ1) is 16.0. The van der Waals surface area contributed by atoms with Gasteiger partial charge in [0.05, 0.1) is 13.7 Å². The molecule has 3 heteroatoms. The van der Waals surface area contributed by atoms with E-state index in [0.717, 1.165) is 30.0 Å². The van der Waals surface area contributed by atoms with Crippen molar-refractivity contribution in [1.29, 1.82) is 0 Å². The lowest BCUT2D eigenvalue weighted by Gasteiger charge is -2.30. The number of benzene rings is 1. The molecule has 1 atom stereocenters. The first-order valence-electron chi connectivity index (χ1n) is 7.94. The van der Waals surface area contributed by atoms with E-state index in [-0.39, 0.29) is 5.78 Å². The normalized spacial score (nSPS) is 19.8. The van der Waals surface area contributed by atoms with Crippen LogP contribution in [0.1, 0.15) is 55.5 Å². The first-order chi connectivity index (χ1) is 10.0. The zero-order valence-corrected chi connectivity index (χ0v) is 13.7. The summed E-state index contributed by atoms with van der Waals surface area (Å²) in [5, 5.41) is 0. The lowest BCUT2D eigenvalue weighted by Crippen LogP contribution is -2.38. The van der Waals surface area contributed by atoms with Crippen molar-refractivity contribution >= 4 is 5.78 Å². The summed E-state index contributed by atoms with van der Waals surface area (Å²) in [4.78, 5) is 15.0. The van der Waals surface area contributed by atoms with E-state index in [4.69, 9.17) is 4.74 Å². The Bertz CT molecular complexity index is 496. The fraction of sp³-hybridized carbons (Fsp3) is 0.611. The van der Waals surface area contributed by atoms with Crippen molar-refractivity contribution < 1.29 is 9.53 Å². The van der Waals surface area contributed by atoms with Crippen LogP contribution < -0.4 is 4.74 Å². The molecule has 0 saturated carbocycles. The van der Waals surface area contributed by atoms with Gasteiger partial charge >= 0.3 is 0 Å². The average molecular weight is 289 g/mol. The van der Waals surface area contributed by atoms with E-state index in [0.29, 0.717) is 18.4 Å². The minimum absolute atomic E-state index is 0.232.